The number of hydrogen-bond donors (Lipinski definition) is 1. The summed E-state index contributed by atoms with van der Waals surface area (Å²) < 4.78 is 0.667. The first-order valence-corrected chi connectivity index (χ1v) is 5.50. The van der Waals surface area contributed by atoms with E-state index in [4.69, 9.17) is 17.3 Å². The third-order valence-corrected chi connectivity index (χ3v) is 3.21. The van der Waals surface area contributed by atoms with Gasteiger partial charge in [0, 0.05) is 13.1 Å². The molecule has 0 aromatic rings. The van der Waals surface area contributed by atoms with Crippen molar-refractivity contribution in [1.29, 1.82) is 0 Å². The summed E-state index contributed by atoms with van der Waals surface area (Å²) in [6, 6.07) is 0. The molecule has 0 saturated heterocycles. The molecule has 0 rings (SSSR count). The average molecular weight is 221 g/mol. The Labute approximate surface area is 88.5 Å². The zero-order valence-electron chi connectivity index (χ0n) is 8.11. The number of hydrogen-bond acceptors (Lipinski definition) is 3. The van der Waals surface area contributed by atoms with Crippen LogP contribution in [0.3, 0.4) is 0 Å². The first-order valence-electron chi connectivity index (χ1n) is 4.21. The molecule has 1 N–H and O–H groups in total. The molecule has 0 radical (unpaired) electrons. The summed E-state index contributed by atoms with van der Waals surface area (Å²) in [5.74, 6) is -0.820. The predicted octanol–water partition coefficient (Wildman–Crippen LogP) is 1.82. The summed E-state index contributed by atoms with van der Waals surface area (Å²) in [7, 11) is 0. The first kappa shape index (κ1) is 12.7. The number of thiocarbonyl (C=S) groups is 1. The monoisotopic (exact) mass is 221 g/mol. The van der Waals surface area contributed by atoms with Gasteiger partial charge in [0.15, 0.2) is 0 Å². The molecule has 13 heavy (non-hydrogen) atoms. The van der Waals surface area contributed by atoms with Crippen LogP contribution in [0.25, 0.3) is 0 Å². The normalized spacial score (nSPS) is 12.2. The molecule has 0 heterocycles. The van der Waals surface area contributed by atoms with Crippen molar-refractivity contribution in [3.8, 4) is 0 Å². The third-order valence-electron chi connectivity index (χ3n) is 1.65. The zero-order valence-corrected chi connectivity index (χ0v) is 9.74. The summed E-state index contributed by atoms with van der Waals surface area (Å²) in [5.41, 5.74) is 0. The van der Waals surface area contributed by atoms with E-state index in [0.717, 1.165) is 13.1 Å². The van der Waals surface area contributed by atoms with Gasteiger partial charge in [0.05, 0.1) is 0 Å². The molecule has 0 bridgehead atoms. The Balaban J connectivity index is 4.05. The molecule has 3 nitrogen and oxygen atoms in total. The first-order chi connectivity index (χ1) is 6.02. The average Bonchev–Trinajstić information content (AvgIpc) is 2.06. The number of rotatable bonds is 4. The molecule has 0 saturated carbocycles. The van der Waals surface area contributed by atoms with E-state index in [9.17, 15) is 4.79 Å². The largest absolute Gasteiger partial charge is 0.480 e. The Morgan fingerprint density at radius 1 is 1.54 bits per heavy atom. The minimum Gasteiger partial charge on any atom is -0.480 e. The molecule has 0 aliphatic rings. The highest BCUT2D eigenvalue weighted by atomic mass is 32.2. The molecule has 0 aromatic carbocycles. The molecule has 1 atom stereocenters. The van der Waals surface area contributed by atoms with Gasteiger partial charge < -0.3 is 10.0 Å². The maximum Gasteiger partial charge on any atom is 0.316 e. The maximum absolute atomic E-state index is 10.5. The van der Waals surface area contributed by atoms with Crippen LogP contribution in [0.1, 0.15) is 20.8 Å². The summed E-state index contributed by atoms with van der Waals surface area (Å²) in [5, 5.41) is 8.19. The minimum absolute atomic E-state index is 0.465. The molecule has 0 amide bonds. The van der Waals surface area contributed by atoms with Gasteiger partial charge in [0.2, 0.25) is 0 Å². The molecular weight excluding hydrogens is 206 g/mol. The topological polar surface area (TPSA) is 40.5 Å². The Kier molecular flexibility index (Phi) is 6.07. The number of carboxylic acids is 1. The number of aliphatic carboxylic acids is 1. The van der Waals surface area contributed by atoms with Crippen LogP contribution in [0.15, 0.2) is 0 Å². The van der Waals surface area contributed by atoms with Crippen molar-refractivity contribution < 1.29 is 9.90 Å². The second-order valence-corrected chi connectivity index (χ2v) is 4.51. The van der Waals surface area contributed by atoms with Gasteiger partial charge in [0.25, 0.3) is 0 Å². The number of thioether (sulfide) groups is 1. The van der Waals surface area contributed by atoms with Crippen molar-refractivity contribution >= 4 is 34.3 Å². The van der Waals surface area contributed by atoms with Gasteiger partial charge in [-0.2, -0.15) is 0 Å². The van der Waals surface area contributed by atoms with E-state index in [1.807, 2.05) is 18.7 Å². The highest BCUT2D eigenvalue weighted by Gasteiger charge is 2.16. The van der Waals surface area contributed by atoms with Gasteiger partial charge >= 0.3 is 5.97 Å². The molecule has 5 heteroatoms. The Bertz CT molecular complexity index is 193. The van der Waals surface area contributed by atoms with E-state index < -0.39 is 11.2 Å². The van der Waals surface area contributed by atoms with Gasteiger partial charge in [-0.3, -0.25) is 4.79 Å². The standard InChI is InChI=1S/C8H15NO2S2/c1-4-9(5-2)8(12)13-6(3)7(10)11/h6H,4-5H2,1-3H3,(H,10,11). The van der Waals surface area contributed by atoms with E-state index in [1.54, 1.807) is 6.92 Å². The highest BCUT2D eigenvalue weighted by Crippen LogP contribution is 2.15. The van der Waals surface area contributed by atoms with Crippen LogP contribution in [-0.2, 0) is 4.79 Å². The van der Waals surface area contributed by atoms with Crippen LogP contribution in [0.2, 0.25) is 0 Å². The van der Waals surface area contributed by atoms with Gasteiger partial charge in [0.1, 0.15) is 9.57 Å². The lowest BCUT2D eigenvalue weighted by molar-refractivity contribution is -0.136. The van der Waals surface area contributed by atoms with Gasteiger partial charge in [-0.05, 0) is 20.8 Å². The fourth-order valence-corrected chi connectivity index (χ4v) is 2.26. The molecule has 0 fully saturated rings. The summed E-state index contributed by atoms with van der Waals surface area (Å²) in [6.45, 7) is 7.30. The SMILES string of the molecule is CCN(CC)C(=S)SC(C)C(=O)O. The maximum atomic E-state index is 10.5. The van der Waals surface area contributed by atoms with Crippen LogP contribution in [0.5, 0.6) is 0 Å². The van der Waals surface area contributed by atoms with Crippen molar-refractivity contribution in [3.63, 3.8) is 0 Å². The van der Waals surface area contributed by atoms with Crippen molar-refractivity contribution in [2.75, 3.05) is 13.1 Å². The summed E-state index contributed by atoms with van der Waals surface area (Å²) >= 11 is 6.32. The zero-order chi connectivity index (χ0) is 10.4. The lowest BCUT2D eigenvalue weighted by atomic mass is 10.5. The van der Waals surface area contributed by atoms with Gasteiger partial charge in [-0.15, -0.1) is 0 Å². The fourth-order valence-electron chi connectivity index (χ4n) is 0.758. The predicted molar refractivity (Wildman–Crippen MR) is 60.2 cm³/mol. The molecule has 0 aliphatic heterocycles. The van der Waals surface area contributed by atoms with E-state index in [1.165, 1.54) is 11.8 Å². The van der Waals surface area contributed by atoms with E-state index in [2.05, 4.69) is 0 Å². The Hall–Kier alpha value is -0.290. The van der Waals surface area contributed by atoms with Gasteiger partial charge in [-0.25, -0.2) is 0 Å². The van der Waals surface area contributed by atoms with Crippen molar-refractivity contribution in [2.24, 2.45) is 0 Å². The summed E-state index contributed by atoms with van der Waals surface area (Å²) in [6.07, 6.45) is 0. The fraction of sp³-hybridized carbons (Fsp3) is 0.750. The van der Waals surface area contributed by atoms with E-state index >= 15 is 0 Å². The molecule has 0 aliphatic carbocycles. The summed E-state index contributed by atoms with van der Waals surface area (Å²) in [4.78, 5) is 12.5. The second-order valence-electron chi connectivity index (χ2n) is 2.54. The van der Waals surface area contributed by atoms with Crippen LogP contribution in [0.4, 0.5) is 0 Å². The molecule has 1 unspecified atom stereocenters. The van der Waals surface area contributed by atoms with Crippen LogP contribution in [-0.4, -0.2) is 38.6 Å². The molecule has 0 aromatic heterocycles. The lowest BCUT2D eigenvalue weighted by Crippen LogP contribution is -2.29. The molecular formula is C8H15NO2S2. The lowest BCUT2D eigenvalue weighted by Gasteiger charge is -2.21. The van der Waals surface area contributed by atoms with Crippen molar-refractivity contribution in [2.45, 2.75) is 26.0 Å². The minimum atomic E-state index is -0.820. The van der Waals surface area contributed by atoms with Crippen LogP contribution in [0, 0.1) is 0 Å². The van der Waals surface area contributed by atoms with Gasteiger partial charge in [-0.1, -0.05) is 24.0 Å². The second kappa shape index (κ2) is 6.21. The van der Waals surface area contributed by atoms with Crippen LogP contribution < -0.4 is 0 Å². The Morgan fingerprint density at radius 2 is 2.00 bits per heavy atom. The van der Waals surface area contributed by atoms with Crippen LogP contribution >= 0.6 is 24.0 Å². The Morgan fingerprint density at radius 3 is 2.31 bits per heavy atom. The number of carbonyl (C=O) groups is 1. The highest BCUT2D eigenvalue weighted by molar-refractivity contribution is 8.23. The van der Waals surface area contributed by atoms with E-state index in [-0.39, 0.29) is 0 Å². The quantitative estimate of drug-likeness (QED) is 0.733. The third kappa shape index (κ3) is 4.47. The number of nitrogens with zero attached hydrogens (tertiary/aromatic N) is 1. The van der Waals surface area contributed by atoms with Crippen molar-refractivity contribution in [1.82, 2.24) is 4.90 Å². The van der Waals surface area contributed by atoms with E-state index in [0.29, 0.717) is 4.32 Å². The van der Waals surface area contributed by atoms with Crippen molar-refractivity contribution in [3.05, 3.63) is 0 Å². The molecule has 76 valence electrons. The smallest absolute Gasteiger partial charge is 0.316 e. The molecule has 0 spiro atoms. The number of carboxylic acid groups (broad SMARTS) is 1.